The number of likely N-dealkylation sites (tertiary alicyclic amines) is 1. The molecule has 1 aliphatic rings. The largest absolute Gasteiger partial charge is 0.455 e. The Morgan fingerprint density at radius 2 is 1.77 bits per heavy atom. The lowest BCUT2D eigenvalue weighted by Crippen LogP contribution is -2.48. The van der Waals surface area contributed by atoms with Gasteiger partial charge in [-0.3, -0.25) is 4.79 Å². The van der Waals surface area contributed by atoms with Gasteiger partial charge in [-0.25, -0.2) is 9.48 Å². The molecule has 9 heteroatoms. The van der Waals surface area contributed by atoms with E-state index in [1.54, 1.807) is 40.0 Å². The second-order valence-corrected chi connectivity index (χ2v) is 9.31. The van der Waals surface area contributed by atoms with Crippen LogP contribution >= 0.6 is 11.3 Å². The number of aliphatic hydroxyl groups is 1. The summed E-state index contributed by atoms with van der Waals surface area (Å²) in [5, 5.41) is 21.2. The average molecular weight is 489 g/mol. The second-order valence-electron chi connectivity index (χ2n) is 8.36. The van der Waals surface area contributed by atoms with E-state index >= 15 is 0 Å². The van der Waals surface area contributed by atoms with Crippen LogP contribution in [0, 0.1) is 0 Å². The lowest BCUT2D eigenvalue weighted by Gasteiger charge is -2.42. The zero-order chi connectivity index (χ0) is 24.2. The van der Waals surface area contributed by atoms with Crippen molar-refractivity contribution in [2.45, 2.75) is 31.2 Å². The summed E-state index contributed by atoms with van der Waals surface area (Å²) in [5.41, 5.74) is 1.89. The summed E-state index contributed by atoms with van der Waals surface area (Å²) in [7, 11) is 0. The number of amides is 1. The van der Waals surface area contributed by atoms with Gasteiger partial charge in [0.2, 0.25) is 0 Å². The van der Waals surface area contributed by atoms with E-state index in [2.05, 4.69) is 10.3 Å². The molecule has 2 aromatic carbocycles. The van der Waals surface area contributed by atoms with Crippen LogP contribution in [0.25, 0.3) is 0 Å². The summed E-state index contributed by atoms with van der Waals surface area (Å²) in [6.45, 7) is 0.227. The monoisotopic (exact) mass is 488 g/mol. The molecule has 0 spiro atoms. The average Bonchev–Trinajstić information content (AvgIpc) is 3.61. The fourth-order valence-electron chi connectivity index (χ4n) is 4.32. The van der Waals surface area contributed by atoms with Gasteiger partial charge in [0.25, 0.3) is 5.91 Å². The number of piperidine rings is 1. The molecule has 35 heavy (non-hydrogen) atoms. The molecule has 0 radical (unpaired) electrons. The Bertz CT molecular complexity index is 1280. The maximum absolute atomic E-state index is 13.4. The van der Waals surface area contributed by atoms with Gasteiger partial charge in [0.05, 0.1) is 34.8 Å². The highest BCUT2D eigenvalue weighted by Gasteiger charge is 2.39. The minimum Gasteiger partial charge on any atom is -0.455 e. The van der Waals surface area contributed by atoms with Crippen LogP contribution in [-0.2, 0) is 11.3 Å². The summed E-state index contributed by atoms with van der Waals surface area (Å²) < 4.78 is 6.91. The molecular weight excluding hydrogens is 464 g/mol. The maximum atomic E-state index is 13.4. The number of carbonyl (C=O) groups is 2. The van der Waals surface area contributed by atoms with Crippen molar-refractivity contribution in [1.29, 1.82) is 0 Å². The van der Waals surface area contributed by atoms with Crippen molar-refractivity contribution in [2.24, 2.45) is 0 Å². The fourth-order valence-corrected chi connectivity index (χ4v) is 5.00. The van der Waals surface area contributed by atoms with E-state index in [4.69, 9.17) is 4.74 Å². The third-order valence-electron chi connectivity index (χ3n) is 6.10. The molecule has 1 amide bonds. The molecule has 1 N–H and O–H groups in total. The number of aliphatic hydroxyl groups excluding tert-OH is 1. The summed E-state index contributed by atoms with van der Waals surface area (Å²) >= 11 is 1.39. The standard InChI is InChI=1S/C26H24N4O4S/c31-23-14-21(18-8-3-1-4-9-18)29(25(32)24-12-7-13-35-24)16-22(23)30-15-20(27-28-30)17-34-26(33)19-10-5-2-6-11-19/h1-13,15,21-23,31H,14,16-17H2/t21-,22+,23+/m1/s1. The van der Waals surface area contributed by atoms with Crippen LogP contribution in [0.2, 0.25) is 0 Å². The maximum Gasteiger partial charge on any atom is 0.338 e. The molecule has 0 aliphatic carbocycles. The van der Waals surface area contributed by atoms with E-state index in [1.807, 2.05) is 53.9 Å². The number of hydrogen-bond acceptors (Lipinski definition) is 7. The predicted octanol–water partition coefficient (Wildman–Crippen LogP) is 3.89. The van der Waals surface area contributed by atoms with Crippen LogP contribution in [0.1, 0.15) is 49.8 Å². The Balaban J connectivity index is 1.33. The minimum absolute atomic E-state index is 0.0407. The quantitative estimate of drug-likeness (QED) is 0.414. The number of rotatable bonds is 6. The summed E-state index contributed by atoms with van der Waals surface area (Å²) in [6, 6.07) is 21.4. The number of carbonyl (C=O) groups excluding carboxylic acids is 2. The number of aromatic nitrogens is 3. The normalized spacial score (nSPS) is 19.9. The van der Waals surface area contributed by atoms with Crippen molar-refractivity contribution < 1.29 is 19.4 Å². The van der Waals surface area contributed by atoms with E-state index in [-0.39, 0.29) is 25.1 Å². The fraction of sp³-hybridized carbons (Fsp3) is 0.231. The van der Waals surface area contributed by atoms with Gasteiger partial charge < -0.3 is 14.7 Å². The molecule has 4 aromatic rings. The van der Waals surface area contributed by atoms with E-state index in [0.29, 0.717) is 22.6 Å². The number of thiophene rings is 1. The number of hydrogen-bond donors (Lipinski definition) is 1. The van der Waals surface area contributed by atoms with E-state index in [1.165, 1.54) is 11.3 Å². The topological polar surface area (TPSA) is 97.5 Å². The zero-order valence-corrected chi connectivity index (χ0v) is 19.6. The molecule has 0 saturated carbocycles. The molecule has 1 saturated heterocycles. The van der Waals surface area contributed by atoms with Gasteiger partial charge in [-0.05, 0) is 29.1 Å². The van der Waals surface area contributed by atoms with Crippen LogP contribution in [0.4, 0.5) is 0 Å². The van der Waals surface area contributed by atoms with Crippen LogP contribution in [0.3, 0.4) is 0 Å². The van der Waals surface area contributed by atoms with Crippen LogP contribution in [-0.4, -0.2) is 49.5 Å². The molecule has 2 aromatic heterocycles. The van der Waals surface area contributed by atoms with Gasteiger partial charge in [0, 0.05) is 13.0 Å². The Labute approximate surface area is 206 Å². The molecular formula is C26H24N4O4S. The first kappa shape index (κ1) is 22.9. The van der Waals surface area contributed by atoms with Crippen molar-refractivity contribution in [3.63, 3.8) is 0 Å². The Kier molecular flexibility index (Phi) is 6.69. The molecule has 1 aliphatic heterocycles. The smallest absolute Gasteiger partial charge is 0.338 e. The molecule has 178 valence electrons. The molecule has 3 heterocycles. The number of nitrogens with zero attached hydrogens (tertiary/aromatic N) is 4. The van der Waals surface area contributed by atoms with Crippen LogP contribution in [0.5, 0.6) is 0 Å². The lowest BCUT2D eigenvalue weighted by molar-refractivity contribution is -0.00170. The molecule has 0 bridgehead atoms. The number of esters is 1. The first-order chi connectivity index (χ1) is 17.1. The van der Waals surface area contributed by atoms with Crippen LogP contribution < -0.4 is 0 Å². The first-order valence-electron chi connectivity index (χ1n) is 11.3. The van der Waals surface area contributed by atoms with Crippen molar-refractivity contribution in [3.8, 4) is 0 Å². The highest BCUT2D eigenvalue weighted by Crippen LogP contribution is 2.37. The van der Waals surface area contributed by atoms with Gasteiger partial charge in [-0.2, -0.15) is 0 Å². The van der Waals surface area contributed by atoms with Crippen molar-refractivity contribution in [2.75, 3.05) is 6.54 Å². The van der Waals surface area contributed by atoms with Gasteiger partial charge in [-0.15, -0.1) is 16.4 Å². The van der Waals surface area contributed by atoms with Gasteiger partial charge >= 0.3 is 5.97 Å². The summed E-state index contributed by atoms with van der Waals surface area (Å²) in [5.74, 6) is -0.529. The number of ether oxygens (including phenoxy) is 1. The number of benzene rings is 2. The second kappa shape index (κ2) is 10.2. The lowest BCUT2D eigenvalue weighted by atomic mass is 9.90. The SMILES string of the molecule is O=C(OCc1cn([C@H]2CN(C(=O)c3cccs3)[C@@H](c3ccccc3)C[C@@H]2O)nn1)c1ccccc1. The Hall–Kier alpha value is -3.82. The Morgan fingerprint density at radius 1 is 1.03 bits per heavy atom. The third-order valence-corrected chi connectivity index (χ3v) is 6.96. The molecule has 3 atom stereocenters. The molecule has 5 rings (SSSR count). The zero-order valence-electron chi connectivity index (χ0n) is 18.8. The van der Waals surface area contributed by atoms with Crippen LogP contribution in [0.15, 0.2) is 84.4 Å². The van der Waals surface area contributed by atoms with Crippen molar-refractivity contribution in [3.05, 3.63) is 106 Å². The first-order valence-corrected chi connectivity index (χ1v) is 12.2. The van der Waals surface area contributed by atoms with Gasteiger partial charge in [0.1, 0.15) is 12.3 Å². The molecule has 8 nitrogen and oxygen atoms in total. The predicted molar refractivity (Wildman–Crippen MR) is 130 cm³/mol. The van der Waals surface area contributed by atoms with E-state index < -0.39 is 18.1 Å². The van der Waals surface area contributed by atoms with Crippen molar-refractivity contribution >= 4 is 23.2 Å². The van der Waals surface area contributed by atoms with Gasteiger partial charge in [0.15, 0.2) is 0 Å². The highest BCUT2D eigenvalue weighted by molar-refractivity contribution is 7.12. The molecule has 1 fully saturated rings. The minimum atomic E-state index is -0.742. The third kappa shape index (κ3) is 5.01. The summed E-state index contributed by atoms with van der Waals surface area (Å²) in [6.07, 6.45) is 1.28. The van der Waals surface area contributed by atoms with Crippen molar-refractivity contribution in [1.82, 2.24) is 19.9 Å². The summed E-state index contributed by atoms with van der Waals surface area (Å²) in [4.78, 5) is 28.1. The van der Waals surface area contributed by atoms with E-state index in [0.717, 1.165) is 5.56 Å². The Morgan fingerprint density at radius 3 is 2.49 bits per heavy atom. The van der Waals surface area contributed by atoms with E-state index in [9.17, 15) is 14.7 Å². The van der Waals surface area contributed by atoms with Gasteiger partial charge in [-0.1, -0.05) is 59.8 Å². The highest BCUT2D eigenvalue weighted by atomic mass is 32.1. The molecule has 0 unspecified atom stereocenters.